The number of hydrogen-bond acceptors (Lipinski definition) is 4. The van der Waals surface area contributed by atoms with Gasteiger partial charge in [-0.1, -0.05) is 0 Å². The van der Waals surface area contributed by atoms with Crippen LogP contribution >= 0.6 is 22.7 Å². The van der Waals surface area contributed by atoms with E-state index in [0.717, 1.165) is 9.75 Å². The Labute approximate surface area is 103 Å². The number of esters is 1. The molecule has 0 amide bonds. The molecule has 2 rings (SSSR count). The van der Waals surface area contributed by atoms with E-state index in [4.69, 9.17) is 4.74 Å². The zero-order chi connectivity index (χ0) is 11.5. The molecule has 0 bridgehead atoms. The van der Waals surface area contributed by atoms with E-state index in [2.05, 4.69) is 13.0 Å². The van der Waals surface area contributed by atoms with Crippen molar-refractivity contribution >= 4 is 28.6 Å². The number of thiophene rings is 2. The molecule has 4 heteroatoms. The van der Waals surface area contributed by atoms with Crippen molar-refractivity contribution in [1.29, 1.82) is 0 Å². The number of carbonyl (C=O) groups excluding carboxylic acids is 1. The maximum atomic E-state index is 11.7. The van der Waals surface area contributed by atoms with Gasteiger partial charge in [-0.2, -0.15) is 0 Å². The van der Waals surface area contributed by atoms with Crippen molar-refractivity contribution < 1.29 is 9.53 Å². The summed E-state index contributed by atoms with van der Waals surface area (Å²) in [6, 6.07) is 3.89. The highest BCUT2D eigenvalue weighted by Gasteiger charge is 2.17. The smallest absolute Gasteiger partial charge is 0.339 e. The van der Waals surface area contributed by atoms with Gasteiger partial charge in [-0.15, -0.1) is 22.7 Å². The summed E-state index contributed by atoms with van der Waals surface area (Å²) in [6.07, 6.45) is 0. The summed E-state index contributed by atoms with van der Waals surface area (Å²) in [5.74, 6) is -0.230. The minimum Gasteiger partial charge on any atom is -0.462 e. The van der Waals surface area contributed by atoms with Crippen LogP contribution in [0.15, 0.2) is 22.9 Å². The Morgan fingerprint density at radius 2 is 1.94 bits per heavy atom. The highest BCUT2D eigenvalue weighted by molar-refractivity contribution is 7.20. The van der Waals surface area contributed by atoms with Crippen LogP contribution in [0.25, 0.3) is 9.75 Å². The minimum absolute atomic E-state index is 0.230. The van der Waals surface area contributed by atoms with Crippen molar-refractivity contribution in [1.82, 2.24) is 0 Å². The van der Waals surface area contributed by atoms with Gasteiger partial charge in [0.2, 0.25) is 0 Å². The quantitative estimate of drug-likeness (QED) is 0.773. The van der Waals surface area contributed by atoms with E-state index in [1.165, 1.54) is 5.56 Å². The second-order valence-corrected chi connectivity index (χ2v) is 5.15. The Hall–Kier alpha value is -1.13. The van der Waals surface area contributed by atoms with Gasteiger partial charge in [-0.05, 0) is 42.3 Å². The van der Waals surface area contributed by atoms with E-state index in [0.29, 0.717) is 12.2 Å². The molecule has 0 aromatic carbocycles. The summed E-state index contributed by atoms with van der Waals surface area (Å²) < 4.78 is 5.04. The van der Waals surface area contributed by atoms with Gasteiger partial charge in [0.1, 0.15) is 0 Å². The summed E-state index contributed by atoms with van der Waals surface area (Å²) in [6.45, 7) is 4.29. The highest BCUT2D eigenvalue weighted by Crippen LogP contribution is 2.36. The standard InChI is InChI=1S/C12H12O2S2/c1-3-14-12(13)9-5-7-16-11(9)10-8(2)4-6-15-10/h4-7H,3H2,1-2H3. The number of hydrogen-bond donors (Lipinski definition) is 0. The summed E-state index contributed by atoms with van der Waals surface area (Å²) in [7, 11) is 0. The lowest BCUT2D eigenvalue weighted by Crippen LogP contribution is -2.04. The van der Waals surface area contributed by atoms with E-state index in [1.54, 1.807) is 22.7 Å². The lowest BCUT2D eigenvalue weighted by Gasteiger charge is -2.02. The van der Waals surface area contributed by atoms with Crippen molar-refractivity contribution in [2.45, 2.75) is 13.8 Å². The SMILES string of the molecule is CCOC(=O)c1ccsc1-c1sccc1C. The van der Waals surface area contributed by atoms with Crippen molar-refractivity contribution in [2.24, 2.45) is 0 Å². The first-order valence-electron chi connectivity index (χ1n) is 5.03. The first-order chi connectivity index (χ1) is 7.74. The molecule has 0 radical (unpaired) electrons. The fourth-order valence-corrected chi connectivity index (χ4v) is 3.51. The Bertz CT molecular complexity index is 497. The van der Waals surface area contributed by atoms with Crippen LogP contribution in [-0.4, -0.2) is 12.6 Å². The van der Waals surface area contributed by atoms with Crippen LogP contribution in [0.2, 0.25) is 0 Å². The molecule has 0 spiro atoms. The van der Waals surface area contributed by atoms with Crippen molar-refractivity contribution in [3.05, 3.63) is 34.0 Å². The Morgan fingerprint density at radius 3 is 2.56 bits per heavy atom. The number of ether oxygens (including phenoxy) is 1. The molecule has 2 aromatic rings. The van der Waals surface area contributed by atoms with Gasteiger partial charge in [0.15, 0.2) is 0 Å². The monoisotopic (exact) mass is 252 g/mol. The second-order valence-electron chi connectivity index (χ2n) is 3.32. The van der Waals surface area contributed by atoms with Crippen LogP contribution in [0.5, 0.6) is 0 Å². The average molecular weight is 252 g/mol. The Balaban J connectivity index is 2.40. The average Bonchev–Trinajstić information content (AvgIpc) is 2.85. The summed E-state index contributed by atoms with van der Waals surface area (Å²) in [5.41, 5.74) is 1.88. The minimum atomic E-state index is -0.230. The molecule has 2 nitrogen and oxygen atoms in total. The molecule has 0 saturated carbocycles. The van der Waals surface area contributed by atoms with E-state index in [9.17, 15) is 4.79 Å². The first kappa shape index (κ1) is 11.4. The number of carbonyl (C=O) groups is 1. The van der Waals surface area contributed by atoms with Crippen LogP contribution in [0.3, 0.4) is 0 Å². The first-order valence-corrected chi connectivity index (χ1v) is 6.79. The lowest BCUT2D eigenvalue weighted by atomic mass is 10.2. The van der Waals surface area contributed by atoms with Gasteiger partial charge in [0.25, 0.3) is 0 Å². The molecule has 0 saturated heterocycles. The topological polar surface area (TPSA) is 26.3 Å². The zero-order valence-corrected chi connectivity index (χ0v) is 10.8. The normalized spacial score (nSPS) is 10.4. The molecule has 0 N–H and O–H groups in total. The maximum absolute atomic E-state index is 11.7. The van der Waals surface area contributed by atoms with Crippen molar-refractivity contribution in [2.75, 3.05) is 6.61 Å². The van der Waals surface area contributed by atoms with Gasteiger partial charge in [0, 0.05) is 4.88 Å². The molecule has 2 aromatic heterocycles. The van der Waals surface area contributed by atoms with Crippen LogP contribution in [-0.2, 0) is 4.74 Å². The van der Waals surface area contributed by atoms with E-state index in [-0.39, 0.29) is 5.97 Å². The van der Waals surface area contributed by atoms with Crippen LogP contribution < -0.4 is 0 Å². The van der Waals surface area contributed by atoms with Crippen LogP contribution in [0, 0.1) is 6.92 Å². The summed E-state index contributed by atoms with van der Waals surface area (Å²) >= 11 is 3.24. The highest BCUT2D eigenvalue weighted by atomic mass is 32.1. The fourth-order valence-electron chi connectivity index (χ4n) is 1.46. The molecule has 0 aliphatic heterocycles. The molecular formula is C12H12O2S2. The third-order valence-electron chi connectivity index (χ3n) is 2.23. The Morgan fingerprint density at radius 1 is 1.25 bits per heavy atom. The molecule has 0 unspecified atom stereocenters. The molecule has 0 aliphatic rings. The van der Waals surface area contributed by atoms with Gasteiger partial charge in [-0.25, -0.2) is 4.79 Å². The van der Waals surface area contributed by atoms with Crippen molar-refractivity contribution in [3.8, 4) is 9.75 Å². The predicted octanol–water partition coefficient (Wildman–Crippen LogP) is 3.96. The predicted molar refractivity (Wildman–Crippen MR) is 68.3 cm³/mol. The second kappa shape index (κ2) is 4.80. The van der Waals surface area contributed by atoms with Gasteiger partial charge < -0.3 is 4.74 Å². The fraction of sp³-hybridized carbons (Fsp3) is 0.250. The van der Waals surface area contributed by atoms with E-state index >= 15 is 0 Å². The van der Waals surface area contributed by atoms with Crippen LogP contribution in [0.1, 0.15) is 22.8 Å². The summed E-state index contributed by atoms with van der Waals surface area (Å²) in [4.78, 5) is 13.9. The largest absolute Gasteiger partial charge is 0.462 e. The molecule has 0 atom stereocenters. The third kappa shape index (κ3) is 2.03. The third-order valence-corrected chi connectivity index (χ3v) is 4.32. The maximum Gasteiger partial charge on any atom is 0.339 e. The van der Waals surface area contributed by atoms with Crippen LogP contribution in [0.4, 0.5) is 0 Å². The zero-order valence-electron chi connectivity index (χ0n) is 9.15. The molecule has 0 aliphatic carbocycles. The van der Waals surface area contributed by atoms with Gasteiger partial charge in [0.05, 0.1) is 17.0 Å². The van der Waals surface area contributed by atoms with Gasteiger partial charge in [-0.3, -0.25) is 0 Å². The Kier molecular flexibility index (Phi) is 3.41. The van der Waals surface area contributed by atoms with Gasteiger partial charge >= 0.3 is 5.97 Å². The van der Waals surface area contributed by atoms with E-state index < -0.39 is 0 Å². The lowest BCUT2D eigenvalue weighted by molar-refractivity contribution is 0.0528. The van der Waals surface area contributed by atoms with Crippen molar-refractivity contribution in [3.63, 3.8) is 0 Å². The molecule has 0 fully saturated rings. The molecular weight excluding hydrogens is 240 g/mol. The summed E-state index contributed by atoms with van der Waals surface area (Å²) in [5, 5.41) is 3.97. The number of rotatable bonds is 3. The molecule has 16 heavy (non-hydrogen) atoms. The number of aryl methyl sites for hydroxylation is 1. The molecule has 84 valence electrons. The van der Waals surface area contributed by atoms with E-state index in [1.807, 2.05) is 23.8 Å². The molecule has 2 heterocycles.